The third-order valence-corrected chi connectivity index (χ3v) is 6.63. The topological polar surface area (TPSA) is 83.7 Å². The number of hydrogen-bond donors (Lipinski definition) is 2. The number of aromatic nitrogens is 1. The van der Waals surface area contributed by atoms with Gasteiger partial charge in [-0.05, 0) is 48.9 Å². The summed E-state index contributed by atoms with van der Waals surface area (Å²) in [6.45, 7) is 3.22. The fraction of sp³-hybridized carbons (Fsp3) is 0.241. The van der Waals surface area contributed by atoms with E-state index in [9.17, 15) is 9.59 Å². The summed E-state index contributed by atoms with van der Waals surface area (Å²) >= 11 is 0. The average Bonchev–Trinajstić information content (AvgIpc) is 3.33. The van der Waals surface area contributed by atoms with Gasteiger partial charge in [-0.3, -0.25) is 9.59 Å². The maximum Gasteiger partial charge on any atom is 0.254 e. The zero-order chi connectivity index (χ0) is 25.1. The normalized spacial score (nSPS) is 17.2. The van der Waals surface area contributed by atoms with Gasteiger partial charge in [-0.15, -0.1) is 0 Å². The van der Waals surface area contributed by atoms with Gasteiger partial charge in [0.2, 0.25) is 5.91 Å². The van der Waals surface area contributed by atoms with E-state index in [2.05, 4.69) is 10.3 Å². The number of nitrogens with zero attached hydrogens (tertiary/aromatic N) is 1. The maximum absolute atomic E-state index is 14.0. The molecular weight excluding hydrogens is 454 g/mol. The minimum Gasteiger partial charge on any atom is -0.494 e. The quantitative estimate of drug-likeness (QED) is 0.364. The van der Waals surface area contributed by atoms with Gasteiger partial charge in [0.1, 0.15) is 5.75 Å². The Morgan fingerprint density at radius 2 is 1.75 bits per heavy atom. The Hall–Kier alpha value is -4.10. The number of carbonyl (C=O) groups excluding carboxylic acids is 2. The van der Waals surface area contributed by atoms with Crippen molar-refractivity contribution < 1.29 is 19.1 Å². The summed E-state index contributed by atoms with van der Waals surface area (Å²) in [7, 11) is 1.61. The van der Waals surface area contributed by atoms with Gasteiger partial charge in [-0.25, -0.2) is 0 Å². The molecule has 0 bridgehead atoms. The second kappa shape index (κ2) is 10.3. The number of methoxy groups -OCH3 is 1. The monoisotopic (exact) mass is 483 g/mol. The first-order valence-corrected chi connectivity index (χ1v) is 12.1. The highest BCUT2D eigenvalue weighted by Crippen LogP contribution is 2.45. The lowest BCUT2D eigenvalue weighted by Crippen LogP contribution is -2.47. The number of H-pyrrole nitrogens is 1. The molecule has 0 aliphatic carbocycles. The van der Waals surface area contributed by atoms with E-state index < -0.39 is 12.0 Å². The molecule has 0 radical (unpaired) electrons. The second-order valence-electron chi connectivity index (χ2n) is 8.74. The van der Waals surface area contributed by atoms with Gasteiger partial charge in [-0.2, -0.15) is 0 Å². The summed E-state index contributed by atoms with van der Waals surface area (Å²) in [6, 6.07) is 22.1. The molecule has 7 nitrogen and oxygen atoms in total. The molecule has 1 aliphatic heterocycles. The standard InChI is InChI=1S/C29H29N3O4/c1-3-36-20-14-12-19(13-15-20)31-28(33)26-22-9-4-5-10-23(22)29(34)32(16-17-35-2)27(26)24-18-30-25-11-7-6-8-21(24)25/h4-15,18,26-27,30H,3,16-17H2,1-2H3,(H,31,33)/t26-,27+/m1/s1. The van der Waals surface area contributed by atoms with E-state index in [1.54, 1.807) is 18.1 Å². The van der Waals surface area contributed by atoms with E-state index in [-0.39, 0.29) is 11.8 Å². The molecule has 7 heteroatoms. The summed E-state index contributed by atoms with van der Waals surface area (Å²) in [5, 5.41) is 4.06. The summed E-state index contributed by atoms with van der Waals surface area (Å²) < 4.78 is 10.9. The van der Waals surface area contributed by atoms with E-state index in [1.165, 1.54) is 0 Å². The summed E-state index contributed by atoms with van der Waals surface area (Å²) in [5.41, 5.74) is 3.78. The summed E-state index contributed by atoms with van der Waals surface area (Å²) in [5.74, 6) is -0.173. The van der Waals surface area contributed by atoms with E-state index in [0.717, 1.165) is 27.8 Å². The molecule has 0 unspecified atom stereocenters. The van der Waals surface area contributed by atoms with Crippen molar-refractivity contribution in [2.24, 2.45) is 0 Å². The molecular formula is C29H29N3O4. The van der Waals surface area contributed by atoms with Crippen molar-refractivity contribution in [3.63, 3.8) is 0 Å². The average molecular weight is 484 g/mol. The second-order valence-corrected chi connectivity index (χ2v) is 8.74. The molecule has 0 fully saturated rings. The highest BCUT2D eigenvalue weighted by molar-refractivity contribution is 6.05. The molecule has 5 rings (SSSR count). The first-order valence-electron chi connectivity index (χ1n) is 12.1. The van der Waals surface area contributed by atoms with Crippen molar-refractivity contribution in [1.29, 1.82) is 0 Å². The fourth-order valence-electron chi connectivity index (χ4n) is 5.02. The molecule has 2 N–H and O–H groups in total. The Bertz CT molecular complexity index is 1380. The van der Waals surface area contributed by atoms with E-state index >= 15 is 0 Å². The SMILES string of the molecule is CCOc1ccc(NC(=O)[C@@H]2c3ccccc3C(=O)N(CCOC)[C@H]2c2c[nH]c3ccccc23)cc1. The Morgan fingerprint density at radius 1 is 1.00 bits per heavy atom. The summed E-state index contributed by atoms with van der Waals surface area (Å²) in [4.78, 5) is 32.8. The van der Waals surface area contributed by atoms with Gasteiger partial charge in [0.25, 0.3) is 5.91 Å². The van der Waals surface area contributed by atoms with Crippen molar-refractivity contribution in [3.05, 3.63) is 95.7 Å². The Balaban J connectivity index is 1.61. The summed E-state index contributed by atoms with van der Waals surface area (Å²) in [6.07, 6.45) is 1.91. The number of fused-ring (bicyclic) bond motifs is 2. The van der Waals surface area contributed by atoms with Crippen LogP contribution in [0.4, 0.5) is 5.69 Å². The van der Waals surface area contributed by atoms with Gasteiger partial charge in [0, 0.05) is 47.6 Å². The lowest BCUT2D eigenvalue weighted by Gasteiger charge is -2.41. The number of anilines is 1. The first kappa shape index (κ1) is 23.6. The minimum absolute atomic E-state index is 0.108. The number of ether oxygens (including phenoxy) is 2. The molecule has 2 amide bonds. The number of hydrogen-bond acceptors (Lipinski definition) is 4. The first-order chi connectivity index (χ1) is 17.6. The molecule has 0 saturated heterocycles. The molecule has 1 aromatic heterocycles. The Morgan fingerprint density at radius 3 is 2.53 bits per heavy atom. The van der Waals surface area contributed by atoms with Gasteiger partial charge >= 0.3 is 0 Å². The minimum atomic E-state index is -0.624. The van der Waals surface area contributed by atoms with Crippen LogP contribution in [0.5, 0.6) is 5.75 Å². The number of carbonyl (C=O) groups is 2. The predicted octanol–water partition coefficient (Wildman–Crippen LogP) is 5.13. The Kier molecular flexibility index (Phi) is 6.73. The smallest absolute Gasteiger partial charge is 0.254 e. The fourth-order valence-corrected chi connectivity index (χ4v) is 5.02. The van der Waals surface area contributed by atoms with Crippen LogP contribution < -0.4 is 10.1 Å². The third kappa shape index (κ3) is 4.33. The molecule has 2 heterocycles. The molecule has 1 aliphatic rings. The van der Waals surface area contributed by atoms with Crippen LogP contribution in [0.1, 0.15) is 40.4 Å². The molecule has 2 atom stereocenters. The van der Waals surface area contributed by atoms with Crippen molar-refractivity contribution in [2.45, 2.75) is 18.9 Å². The third-order valence-electron chi connectivity index (χ3n) is 6.63. The van der Waals surface area contributed by atoms with Crippen LogP contribution in [-0.4, -0.2) is 48.6 Å². The largest absolute Gasteiger partial charge is 0.494 e. The van der Waals surface area contributed by atoms with Crippen molar-refractivity contribution in [3.8, 4) is 5.75 Å². The van der Waals surface area contributed by atoms with E-state index in [0.29, 0.717) is 31.0 Å². The van der Waals surface area contributed by atoms with Gasteiger partial charge in [0.15, 0.2) is 0 Å². The van der Waals surface area contributed by atoms with Crippen molar-refractivity contribution in [2.75, 3.05) is 32.2 Å². The number of rotatable bonds is 8. The number of para-hydroxylation sites is 1. The molecule has 184 valence electrons. The van der Waals surface area contributed by atoms with Crippen molar-refractivity contribution in [1.82, 2.24) is 9.88 Å². The van der Waals surface area contributed by atoms with Crippen LogP contribution in [0, 0.1) is 0 Å². The zero-order valence-electron chi connectivity index (χ0n) is 20.4. The van der Waals surface area contributed by atoms with E-state index in [1.807, 2.05) is 79.9 Å². The highest BCUT2D eigenvalue weighted by Gasteiger charge is 2.44. The van der Waals surface area contributed by atoms with E-state index in [4.69, 9.17) is 9.47 Å². The maximum atomic E-state index is 14.0. The molecule has 4 aromatic rings. The van der Waals surface area contributed by atoms with Crippen LogP contribution in [0.2, 0.25) is 0 Å². The number of nitrogens with one attached hydrogen (secondary N) is 2. The highest BCUT2D eigenvalue weighted by atomic mass is 16.5. The number of benzene rings is 3. The van der Waals surface area contributed by atoms with Gasteiger partial charge < -0.3 is 24.7 Å². The lowest BCUT2D eigenvalue weighted by atomic mass is 9.79. The van der Waals surface area contributed by atoms with Crippen LogP contribution in [0.25, 0.3) is 10.9 Å². The zero-order valence-corrected chi connectivity index (χ0v) is 20.4. The van der Waals surface area contributed by atoms with Crippen LogP contribution in [0.15, 0.2) is 79.0 Å². The molecule has 36 heavy (non-hydrogen) atoms. The molecule has 3 aromatic carbocycles. The van der Waals surface area contributed by atoms with Gasteiger partial charge in [-0.1, -0.05) is 36.4 Å². The lowest BCUT2D eigenvalue weighted by molar-refractivity contribution is -0.119. The van der Waals surface area contributed by atoms with Crippen LogP contribution >= 0.6 is 0 Å². The predicted molar refractivity (Wildman–Crippen MR) is 139 cm³/mol. The van der Waals surface area contributed by atoms with Crippen LogP contribution in [0.3, 0.4) is 0 Å². The molecule has 0 spiro atoms. The Labute approximate surface area is 210 Å². The molecule has 0 saturated carbocycles. The van der Waals surface area contributed by atoms with Gasteiger partial charge in [0.05, 0.1) is 25.2 Å². The number of amides is 2. The van der Waals surface area contributed by atoms with Crippen molar-refractivity contribution >= 4 is 28.4 Å². The number of aromatic amines is 1. The van der Waals surface area contributed by atoms with Crippen LogP contribution in [-0.2, 0) is 9.53 Å².